The molecule has 0 radical (unpaired) electrons. The van der Waals surface area contributed by atoms with Gasteiger partial charge in [0.25, 0.3) is 0 Å². The standard InChI is InChI=1S/C22H21N3O2S/c1-2-22(28(26,27)19-8-3-6-17(14-19)15-23)25-13-10-20-18(7-4-9-21(20)25)16-24-11-5-12-24/h2-4,6-10,13-14,22H,1,5,11-12,16H2. The lowest BCUT2D eigenvalue weighted by molar-refractivity contribution is 0.173. The van der Waals surface area contributed by atoms with Gasteiger partial charge in [-0.1, -0.05) is 30.9 Å². The number of aromatic nitrogens is 1. The highest BCUT2D eigenvalue weighted by Gasteiger charge is 2.28. The zero-order valence-electron chi connectivity index (χ0n) is 15.5. The molecule has 1 atom stereocenters. The lowest BCUT2D eigenvalue weighted by Crippen LogP contribution is -2.36. The van der Waals surface area contributed by atoms with Gasteiger partial charge in [0, 0.05) is 23.6 Å². The number of hydrogen-bond donors (Lipinski definition) is 0. The smallest absolute Gasteiger partial charge is 0.203 e. The SMILES string of the molecule is C=CC(n1ccc2c(CN3CCC3)cccc21)S(=O)(=O)c1cccc(C#N)c1. The second kappa shape index (κ2) is 7.27. The van der Waals surface area contributed by atoms with Crippen LogP contribution in [0, 0.1) is 11.3 Å². The molecule has 2 heterocycles. The van der Waals surface area contributed by atoms with Crippen molar-refractivity contribution < 1.29 is 8.42 Å². The predicted octanol–water partition coefficient (Wildman–Crippen LogP) is 3.88. The molecule has 0 aliphatic carbocycles. The van der Waals surface area contributed by atoms with Crippen LogP contribution in [0.3, 0.4) is 0 Å². The van der Waals surface area contributed by atoms with Gasteiger partial charge in [0.05, 0.1) is 16.5 Å². The average Bonchev–Trinajstić information content (AvgIpc) is 3.10. The van der Waals surface area contributed by atoms with Gasteiger partial charge in [-0.05, 0) is 55.4 Å². The molecule has 28 heavy (non-hydrogen) atoms. The summed E-state index contributed by atoms with van der Waals surface area (Å²) in [6.45, 7) is 6.86. The summed E-state index contributed by atoms with van der Waals surface area (Å²) in [6, 6.07) is 16.1. The lowest BCUT2D eigenvalue weighted by Gasteiger charge is -2.30. The second-order valence-corrected chi connectivity index (χ2v) is 9.06. The van der Waals surface area contributed by atoms with Gasteiger partial charge >= 0.3 is 0 Å². The molecule has 3 aromatic rings. The molecule has 0 bridgehead atoms. The molecule has 1 aliphatic heterocycles. The van der Waals surface area contributed by atoms with E-state index in [4.69, 9.17) is 5.26 Å². The van der Waals surface area contributed by atoms with Crippen molar-refractivity contribution in [1.82, 2.24) is 9.47 Å². The third-order valence-electron chi connectivity index (χ3n) is 5.28. The van der Waals surface area contributed by atoms with Crippen LogP contribution >= 0.6 is 0 Å². The van der Waals surface area contributed by atoms with Gasteiger partial charge < -0.3 is 4.57 Å². The summed E-state index contributed by atoms with van der Waals surface area (Å²) < 4.78 is 28.3. The topological polar surface area (TPSA) is 66.1 Å². The van der Waals surface area contributed by atoms with Crippen molar-refractivity contribution in [2.45, 2.75) is 23.2 Å². The van der Waals surface area contributed by atoms with Crippen LogP contribution in [0.15, 0.2) is 72.3 Å². The molecule has 1 fully saturated rings. The Morgan fingerprint density at radius 3 is 2.64 bits per heavy atom. The van der Waals surface area contributed by atoms with Crippen molar-refractivity contribution in [3.8, 4) is 6.07 Å². The highest BCUT2D eigenvalue weighted by atomic mass is 32.2. The van der Waals surface area contributed by atoms with Gasteiger partial charge in [-0.3, -0.25) is 4.90 Å². The molecular weight excluding hydrogens is 370 g/mol. The van der Waals surface area contributed by atoms with Crippen LogP contribution < -0.4 is 0 Å². The Hall–Kier alpha value is -2.88. The van der Waals surface area contributed by atoms with E-state index in [1.807, 2.05) is 30.5 Å². The highest BCUT2D eigenvalue weighted by Crippen LogP contribution is 2.31. The molecule has 0 amide bonds. The number of nitrogens with zero attached hydrogens (tertiary/aromatic N) is 3. The third kappa shape index (κ3) is 3.13. The van der Waals surface area contributed by atoms with E-state index in [0.717, 1.165) is 30.5 Å². The number of fused-ring (bicyclic) bond motifs is 1. The number of benzene rings is 2. The van der Waals surface area contributed by atoms with E-state index in [-0.39, 0.29) is 4.90 Å². The minimum absolute atomic E-state index is 0.120. The Balaban J connectivity index is 1.77. The Morgan fingerprint density at radius 2 is 1.96 bits per heavy atom. The number of hydrogen-bond acceptors (Lipinski definition) is 4. The molecule has 0 spiro atoms. The lowest BCUT2D eigenvalue weighted by atomic mass is 10.1. The van der Waals surface area contributed by atoms with Gasteiger partial charge in [0.15, 0.2) is 5.37 Å². The second-order valence-electron chi connectivity index (χ2n) is 7.01. The maximum absolute atomic E-state index is 13.3. The normalized spacial score (nSPS) is 15.7. The fourth-order valence-corrected chi connectivity index (χ4v) is 5.24. The summed E-state index contributed by atoms with van der Waals surface area (Å²) in [5.74, 6) is 0. The molecular formula is C22H21N3O2S. The zero-order valence-corrected chi connectivity index (χ0v) is 16.3. The first-order valence-corrected chi connectivity index (χ1v) is 10.8. The largest absolute Gasteiger partial charge is 0.326 e. The number of nitriles is 1. The monoisotopic (exact) mass is 391 g/mol. The Bertz CT molecular complexity index is 1180. The van der Waals surface area contributed by atoms with Crippen molar-refractivity contribution in [2.24, 2.45) is 0 Å². The van der Waals surface area contributed by atoms with Crippen LogP contribution in [0.1, 0.15) is 22.9 Å². The van der Waals surface area contributed by atoms with Crippen molar-refractivity contribution in [3.05, 3.63) is 78.5 Å². The van der Waals surface area contributed by atoms with E-state index in [2.05, 4.69) is 17.5 Å². The summed E-state index contributed by atoms with van der Waals surface area (Å²) in [5.41, 5.74) is 2.38. The average molecular weight is 391 g/mol. The molecule has 1 aromatic heterocycles. The maximum Gasteiger partial charge on any atom is 0.203 e. The van der Waals surface area contributed by atoms with E-state index in [0.29, 0.717) is 5.56 Å². The predicted molar refractivity (Wildman–Crippen MR) is 109 cm³/mol. The fourth-order valence-electron chi connectivity index (χ4n) is 3.66. The molecule has 2 aromatic carbocycles. The molecule has 0 saturated carbocycles. The summed E-state index contributed by atoms with van der Waals surface area (Å²) in [7, 11) is -3.74. The Kier molecular flexibility index (Phi) is 4.80. The van der Waals surface area contributed by atoms with Crippen LogP contribution in [0.4, 0.5) is 0 Å². The number of likely N-dealkylation sites (tertiary alicyclic amines) is 1. The molecule has 142 valence electrons. The number of sulfone groups is 1. The van der Waals surface area contributed by atoms with Crippen LogP contribution in [-0.4, -0.2) is 31.0 Å². The molecule has 6 heteroatoms. The van der Waals surface area contributed by atoms with Gasteiger partial charge in [0.1, 0.15) is 0 Å². The quantitative estimate of drug-likeness (QED) is 0.598. The fraction of sp³-hybridized carbons (Fsp3) is 0.227. The molecule has 1 saturated heterocycles. The van der Waals surface area contributed by atoms with Crippen LogP contribution in [-0.2, 0) is 16.4 Å². The van der Waals surface area contributed by atoms with Crippen molar-refractivity contribution >= 4 is 20.7 Å². The minimum Gasteiger partial charge on any atom is -0.326 e. The zero-order chi connectivity index (χ0) is 19.7. The van der Waals surface area contributed by atoms with Gasteiger partial charge in [-0.15, -0.1) is 0 Å². The van der Waals surface area contributed by atoms with Crippen LogP contribution in [0.5, 0.6) is 0 Å². The van der Waals surface area contributed by atoms with Crippen molar-refractivity contribution in [2.75, 3.05) is 13.1 Å². The molecule has 1 aliphatic rings. The van der Waals surface area contributed by atoms with E-state index in [1.54, 1.807) is 16.7 Å². The van der Waals surface area contributed by atoms with Gasteiger partial charge in [-0.2, -0.15) is 5.26 Å². The van der Waals surface area contributed by atoms with E-state index >= 15 is 0 Å². The molecule has 0 N–H and O–H groups in total. The highest BCUT2D eigenvalue weighted by molar-refractivity contribution is 7.91. The van der Waals surface area contributed by atoms with Gasteiger partial charge in [0.2, 0.25) is 9.84 Å². The first-order valence-electron chi connectivity index (χ1n) is 9.22. The summed E-state index contributed by atoms with van der Waals surface area (Å²) in [4.78, 5) is 2.50. The molecule has 5 nitrogen and oxygen atoms in total. The van der Waals surface area contributed by atoms with E-state index in [1.165, 1.54) is 30.2 Å². The first kappa shape index (κ1) is 18.5. The Morgan fingerprint density at radius 1 is 1.18 bits per heavy atom. The molecule has 1 unspecified atom stereocenters. The van der Waals surface area contributed by atoms with Gasteiger partial charge in [-0.25, -0.2) is 8.42 Å². The summed E-state index contributed by atoms with van der Waals surface area (Å²) in [6.07, 6.45) is 4.48. The van der Waals surface area contributed by atoms with Crippen LogP contribution in [0.2, 0.25) is 0 Å². The van der Waals surface area contributed by atoms with E-state index < -0.39 is 15.2 Å². The van der Waals surface area contributed by atoms with E-state index in [9.17, 15) is 8.42 Å². The minimum atomic E-state index is -3.74. The first-order chi connectivity index (χ1) is 13.5. The maximum atomic E-state index is 13.3. The third-order valence-corrected chi connectivity index (χ3v) is 7.25. The summed E-state index contributed by atoms with van der Waals surface area (Å²) in [5, 5.41) is 9.21. The van der Waals surface area contributed by atoms with Crippen LogP contribution in [0.25, 0.3) is 10.9 Å². The Labute approximate surface area is 165 Å². The van der Waals surface area contributed by atoms with Crippen molar-refractivity contribution in [3.63, 3.8) is 0 Å². The van der Waals surface area contributed by atoms with Crippen molar-refractivity contribution in [1.29, 1.82) is 5.26 Å². The molecule has 4 rings (SSSR count). The number of rotatable bonds is 6. The summed E-state index contributed by atoms with van der Waals surface area (Å²) >= 11 is 0.